The Morgan fingerprint density at radius 3 is 2.50 bits per heavy atom. The molecule has 4 nitrogen and oxygen atoms in total. The number of ether oxygens (including phenoxy) is 1. The molecule has 5 heteroatoms. The summed E-state index contributed by atoms with van der Waals surface area (Å²) in [6.45, 7) is 1.62. The Hall–Kier alpha value is -1.36. The molecule has 1 atom stereocenters. The highest BCUT2D eigenvalue weighted by Crippen LogP contribution is 2.12. The van der Waals surface area contributed by atoms with E-state index in [0.717, 1.165) is 23.7 Å². The number of esters is 1. The predicted molar refractivity (Wildman–Crippen MR) is 81.3 cm³/mol. The van der Waals surface area contributed by atoms with Crippen LogP contribution in [0.25, 0.3) is 0 Å². The monoisotopic (exact) mass is 341 g/mol. The van der Waals surface area contributed by atoms with E-state index >= 15 is 0 Å². The zero-order chi connectivity index (χ0) is 15.0. The van der Waals surface area contributed by atoms with Crippen LogP contribution in [0.15, 0.2) is 28.7 Å². The minimum Gasteiger partial charge on any atom is -0.467 e. The molecular formula is C15H20BrNO3. The van der Waals surface area contributed by atoms with Crippen LogP contribution in [-0.2, 0) is 20.7 Å². The van der Waals surface area contributed by atoms with Crippen LogP contribution >= 0.6 is 15.9 Å². The predicted octanol–water partition coefficient (Wildman–Crippen LogP) is 2.84. The van der Waals surface area contributed by atoms with Gasteiger partial charge in [-0.05, 0) is 43.9 Å². The van der Waals surface area contributed by atoms with Crippen LogP contribution in [0.3, 0.4) is 0 Å². The molecule has 0 fully saturated rings. The van der Waals surface area contributed by atoms with E-state index in [2.05, 4.69) is 38.1 Å². The maximum atomic E-state index is 11.6. The maximum absolute atomic E-state index is 11.6. The minimum atomic E-state index is -0.584. The molecule has 0 spiro atoms. The highest BCUT2D eigenvalue weighted by atomic mass is 79.9. The Bertz CT molecular complexity index is 445. The summed E-state index contributed by atoms with van der Waals surface area (Å²) in [5.74, 6) is -0.535. The first-order valence-corrected chi connectivity index (χ1v) is 7.44. The summed E-state index contributed by atoms with van der Waals surface area (Å²) < 4.78 is 5.62. The van der Waals surface area contributed by atoms with Gasteiger partial charge < -0.3 is 10.1 Å². The third kappa shape index (κ3) is 6.19. The van der Waals surface area contributed by atoms with E-state index < -0.39 is 12.0 Å². The van der Waals surface area contributed by atoms with Gasteiger partial charge >= 0.3 is 5.97 Å². The van der Waals surface area contributed by atoms with Gasteiger partial charge in [0.15, 0.2) is 0 Å². The minimum absolute atomic E-state index is 0.112. The molecule has 0 heterocycles. The molecule has 1 N–H and O–H groups in total. The number of rotatable bonds is 7. The van der Waals surface area contributed by atoms with E-state index in [1.807, 2.05) is 12.1 Å². The van der Waals surface area contributed by atoms with Gasteiger partial charge in [-0.15, -0.1) is 0 Å². The number of carbonyl (C=O) groups is 2. The van der Waals surface area contributed by atoms with Crippen LogP contribution < -0.4 is 5.32 Å². The summed E-state index contributed by atoms with van der Waals surface area (Å²) in [6.07, 6.45) is 3.13. The number of nitrogens with one attached hydrogen (secondary N) is 1. The quantitative estimate of drug-likeness (QED) is 0.612. The van der Waals surface area contributed by atoms with Gasteiger partial charge in [-0.25, -0.2) is 4.79 Å². The fraction of sp³-hybridized carbons (Fsp3) is 0.467. The summed E-state index contributed by atoms with van der Waals surface area (Å²) in [7, 11) is 1.31. The first-order valence-electron chi connectivity index (χ1n) is 6.64. The molecule has 20 heavy (non-hydrogen) atoms. The number of halogens is 1. The molecule has 110 valence electrons. The molecule has 1 rings (SSSR count). The summed E-state index contributed by atoms with van der Waals surface area (Å²) in [6, 6.07) is 7.59. The molecule has 0 aliphatic rings. The van der Waals surface area contributed by atoms with E-state index in [0.29, 0.717) is 6.42 Å². The lowest BCUT2D eigenvalue weighted by Crippen LogP contribution is -2.39. The van der Waals surface area contributed by atoms with E-state index in [1.165, 1.54) is 12.7 Å². The average Bonchev–Trinajstić information content (AvgIpc) is 2.44. The maximum Gasteiger partial charge on any atom is 0.328 e. The topological polar surface area (TPSA) is 55.4 Å². The van der Waals surface area contributed by atoms with Gasteiger partial charge in [0.2, 0.25) is 5.91 Å². The van der Waals surface area contributed by atoms with Gasteiger partial charge in [0.1, 0.15) is 6.04 Å². The van der Waals surface area contributed by atoms with Crippen LogP contribution in [0.2, 0.25) is 0 Å². The van der Waals surface area contributed by atoms with Crippen molar-refractivity contribution in [2.24, 2.45) is 0 Å². The first-order chi connectivity index (χ1) is 9.52. The lowest BCUT2D eigenvalue weighted by atomic mass is 10.1. The molecule has 0 radical (unpaired) electrons. The van der Waals surface area contributed by atoms with Crippen LogP contribution in [0.4, 0.5) is 0 Å². The number of hydrogen-bond acceptors (Lipinski definition) is 3. The number of amides is 1. The largest absolute Gasteiger partial charge is 0.467 e. The second kappa shape index (κ2) is 8.74. The second-order valence-corrected chi connectivity index (χ2v) is 5.56. The molecule has 1 aromatic rings. The number of carbonyl (C=O) groups excluding carboxylic acids is 2. The molecule has 1 aromatic carbocycles. The third-order valence-electron chi connectivity index (χ3n) is 2.96. The summed E-state index contributed by atoms with van der Waals surface area (Å²) in [5, 5.41) is 2.62. The summed E-state index contributed by atoms with van der Waals surface area (Å²) >= 11 is 3.40. The zero-order valence-corrected chi connectivity index (χ0v) is 13.4. The smallest absolute Gasteiger partial charge is 0.328 e. The van der Waals surface area contributed by atoms with E-state index in [1.54, 1.807) is 6.92 Å². The zero-order valence-electron chi connectivity index (χ0n) is 11.8. The second-order valence-electron chi connectivity index (χ2n) is 4.65. The highest BCUT2D eigenvalue weighted by Gasteiger charge is 2.14. The standard InChI is InChI=1S/C15H20BrNO3/c1-11(15(19)20-2)17-14(18)6-4-3-5-12-7-9-13(16)10-8-12/h7-11H,3-6H2,1-2H3,(H,17,18)/t11-/m0/s1. The number of hydrogen-bond donors (Lipinski definition) is 1. The Morgan fingerprint density at radius 1 is 1.25 bits per heavy atom. The molecule has 0 aromatic heterocycles. The van der Waals surface area contributed by atoms with Crippen molar-refractivity contribution in [3.8, 4) is 0 Å². The fourth-order valence-electron chi connectivity index (χ4n) is 1.82. The molecule has 1 amide bonds. The SMILES string of the molecule is COC(=O)[C@H](C)NC(=O)CCCCc1ccc(Br)cc1. The Balaban J connectivity index is 2.19. The van der Waals surface area contributed by atoms with Gasteiger partial charge in [0.25, 0.3) is 0 Å². The van der Waals surface area contributed by atoms with Gasteiger partial charge in [-0.3, -0.25) is 4.79 Å². The Kier molecular flexibility index (Phi) is 7.30. The van der Waals surface area contributed by atoms with Crippen molar-refractivity contribution in [3.05, 3.63) is 34.3 Å². The van der Waals surface area contributed by atoms with Crippen molar-refractivity contribution in [1.29, 1.82) is 0 Å². The normalized spacial score (nSPS) is 11.8. The van der Waals surface area contributed by atoms with Crippen molar-refractivity contribution in [3.63, 3.8) is 0 Å². The average molecular weight is 342 g/mol. The molecule has 0 aliphatic heterocycles. The first kappa shape index (κ1) is 16.7. The molecule has 0 unspecified atom stereocenters. The van der Waals surface area contributed by atoms with E-state index in [9.17, 15) is 9.59 Å². The molecule has 0 saturated carbocycles. The Morgan fingerprint density at radius 2 is 1.90 bits per heavy atom. The van der Waals surface area contributed by atoms with Crippen LogP contribution in [0, 0.1) is 0 Å². The van der Waals surface area contributed by atoms with Crippen molar-refractivity contribution in [2.75, 3.05) is 7.11 Å². The van der Waals surface area contributed by atoms with Crippen molar-refractivity contribution in [2.45, 2.75) is 38.6 Å². The van der Waals surface area contributed by atoms with E-state index in [-0.39, 0.29) is 5.91 Å². The van der Waals surface area contributed by atoms with Crippen molar-refractivity contribution < 1.29 is 14.3 Å². The Labute approximate surface area is 128 Å². The van der Waals surface area contributed by atoms with Crippen molar-refractivity contribution >= 4 is 27.8 Å². The van der Waals surface area contributed by atoms with Crippen LogP contribution in [0.5, 0.6) is 0 Å². The summed E-state index contributed by atoms with van der Waals surface area (Å²) in [5.41, 5.74) is 1.26. The van der Waals surface area contributed by atoms with E-state index in [4.69, 9.17) is 0 Å². The molecular weight excluding hydrogens is 322 g/mol. The fourth-order valence-corrected chi connectivity index (χ4v) is 2.08. The van der Waals surface area contributed by atoms with Gasteiger partial charge in [0, 0.05) is 10.9 Å². The number of unbranched alkanes of at least 4 members (excludes halogenated alkanes) is 1. The molecule has 0 bridgehead atoms. The van der Waals surface area contributed by atoms with Crippen LogP contribution in [-0.4, -0.2) is 25.0 Å². The van der Waals surface area contributed by atoms with Gasteiger partial charge in [-0.1, -0.05) is 28.1 Å². The summed E-state index contributed by atoms with van der Waals surface area (Å²) in [4.78, 5) is 22.8. The third-order valence-corrected chi connectivity index (χ3v) is 3.49. The number of aryl methyl sites for hydroxylation is 1. The van der Waals surface area contributed by atoms with Gasteiger partial charge in [0.05, 0.1) is 7.11 Å². The lowest BCUT2D eigenvalue weighted by molar-refractivity contribution is -0.144. The van der Waals surface area contributed by atoms with Crippen molar-refractivity contribution in [1.82, 2.24) is 5.32 Å². The van der Waals surface area contributed by atoms with Gasteiger partial charge in [-0.2, -0.15) is 0 Å². The lowest BCUT2D eigenvalue weighted by Gasteiger charge is -2.11. The molecule has 0 saturated heterocycles. The highest BCUT2D eigenvalue weighted by molar-refractivity contribution is 9.10. The molecule has 0 aliphatic carbocycles. The number of methoxy groups -OCH3 is 1. The number of benzene rings is 1. The van der Waals surface area contributed by atoms with Crippen LogP contribution in [0.1, 0.15) is 31.7 Å².